The largest absolute Gasteiger partial charge is 0.343 e. The Morgan fingerprint density at radius 1 is 1.38 bits per heavy atom. The van der Waals surface area contributed by atoms with Crippen molar-refractivity contribution in [2.24, 2.45) is 0 Å². The Bertz CT molecular complexity index is 32.5. The van der Waals surface area contributed by atoms with E-state index >= 15 is 0 Å². The molecule has 0 N–H and O–H groups in total. The first kappa shape index (κ1) is 15.8. The van der Waals surface area contributed by atoms with Crippen LogP contribution in [0.1, 0.15) is 12.8 Å². The number of hydrogen-bond acceptors (Lipinski definition) is 0. The van der Waals surface area contributed by atoms with E-state index in [0.29, 0.717) is 6.42 Å². The van der Waals surface area contributed by atoms with E-state index in [2.05, 4.69) is 6.92 Å². The molecule has 0 fully saturated rings. The fourth-order valence-corrected chi connectivity index (χ4v) is 0.154. The predicted molar refractivity (Wildman–Crippen MR) is 23.1 cm³/mol. The molecule has 4 heteroatoms. The first-order valence-corrected chi connectivity index (χ1v) is 1.84. The molecule has 1 radical (unpaired) electrons. The zero-order valence-electron chi connectivity index (χ0n) is 4.31. The van der Waals surface area contributed by atoms with Gasteiger partial charge in [-0.05, 0) is 6.42 Å². The Morgan fingerprint density at radius 2 is 1.75 bits per heavy atom. The second-order valence-electron chi connectivity index (χ2n) is 1.03. The molecular weight excluding hydrogens is 156 g/mol. The fraction of sp³-hybridized carbons (Fsp3) is 0.750. The van der Waals surface area contributed by atoms with E-state index in [1.54, 1.807) is 0 Å². The van der Waals surface area contributed by atoms with Crippen LogP contribution in [-0.4, -0.2) is 6.43 Å². The summed E-state index contributed by atoms with van der Waals surface area (Å²) >= 11 is 0. The Hall–Kier alpha value is 0.374. The molecule has 0 saturated heterocycles. The molecule has 0 saturated carbocycles. The maximum absolute atomic E-state index is 11.0. The molecular formula is C4H8F3V-. The van der Waals surface area contributed by atoms with Gasteiger partial charge in [0.2, 0.25) is 6.43 Å². The van der Waals surface area contributed by atoms with Crippen molar-refractivity contribution in [1.29, 1.82) is 0 Å². The fourth-order valence-electron chi connectivity index (χ4n) is 0.154. The van der Waals surface area contributed by atoms with E-state index in [1.807, 2.05) is 0 Å². The van der Waals surface area contributed by atoms with Crippen LogP contribution in [0.5, 0.6) is 0 Å². The second kappa shape index (κ2) is 10.4. The molecule has 0 aromatic carbocycles. The molecule has 0 aliphatic carbocycles. The monoisotopic (exact) mass is 164 g/mol. The molecule has 8 heavy (non-hydrogen) atoms. The molecule has 0 bridgehead atoms. The van der Waals surface area contributed by atoms with Crippen LogP contribution in [0.3, 0.4) is 0 Å². The van der Waals surface area contributed by atoms with E-state index in [9.17, 15) is 8.78 Å². The number of rotatable bonds is 2. The zero-order chi connectivity index (χ0) is 4.99. The van der Waals surface area contributed by atoms with Gasteiger partial charge in [0, 0.05) is 18.6 Å². The summed E-state index contributed by atoms with van der Waals surface area (Å²) in [7, 11) is 0. The first-order valence-electron chi connectivity index (χ1n) is 1.84. The first-order chi connectivity index (χ1) is 2.77. The van der Waals surface area contributed by atoms with Crippen LogP contribution in [0.4, 0.5) is 13.5 Å². The molecule has 0 rings (SSSR count). The van der Waals surface area contributed by atoms with Crippen molar-refractivity contribution in [2.75, 3.05) is 0 Å². The molecule has 0 atom stereocenters. The molecule has 0 unspecified atom stereocenters. The Kier molecular flexibility index (Phi) is 20.4. The van der Waals surface area contributed by atoms with Gasteiger partial charge >= 0.3 is 0 Å². The van der Waals surface area contributed by atoms with Crippen LogP contribution in [-0.2, 0) is 18.6 Å². The van der Waals surface area contributed by atoms with Crippen LogP contribution >= 0.6 is 0 Å². The van der Waals surface area contributed by atoms with Crippen LogP contribution in [0.15, 0.2) is 0 Å². The number of halogens is 3. The molecule has 0 aromatic rings. The third kappa shape index (κ3) is 16.2. The summed E-state index contributed by atoms with van der Waals surface area (Å²) in [4.78, 5) is 0. The third-order valence-electron chi connectivity index (χ3n) is 0.422. The standard InChI is InChI=1S/C4H7F2.FH.V/c1-2-3-4(5)6;;/h4H,1-3H2;1H;/q-1;;. The van der Waals surface area contributed by atoms with E-state index in [-0.39, 0.29) is 29.7 Å². The summed E-state index contributed by atoms with van der Waals surface area (Å²) in [6.07, 6.45) is -1.90. The topological polar surface area (TPSA) is 0 Å². The van der Waals surface area contributed by atoms with E-state index in [4.69, 9.17) is 0 Å². The average Bonchev–Trinajstić information content (AvgIpc) is 1.35. The summed E-state index contributed by atoms with van der Waals surface area (Å²) in [6, 6.07) is 0. The van der Waals surface area contributed by atoms with Gasteiger partial charge < -0.3 is 6.92 Å². The van der Waals surface area contributed by atoms with Gasteiger partial charge in [-0.1, -0.05) is 0 Å². The molecule has 0 amide bonds. The van der Waals surface area contributed by atoms with Crippen molar-refractivity contribution in [2.45, 2.75) is 19.3 Å². The summed E-state index contributed by atoms with van der Waals surface area (Å²) in [5, 5.41) is 0. The maximum atomic E-state index is 11.0. The minimum absolute atomic E-state index is 0. The SMILES string of the molecule is F.[CH2-]CCC(F)F.[V]. The summed E-state index contributed by atoms with van der Waals surface area (Å²) in [5.74, 6) is 0. The minimum Gasteiger partial charge on any atom is -0.343 e. The van der Waals surface area contributed by atoms with Crippen molar-refractivity contribution in [3.8, 4) is 0 Å². The van der Waals surface area contributed by atoms with Gasteiger partial charge in [0.15, 0.2) is 0 Å². The average molecular weight is 164 g/mol. The van der Waals surface area contributed by atoms with Gasteiger partial charge in [-0.3, -0.25) is 4.70 Å². The van der Waals surface area contributed by atoms with E-state index < -0.39 is 6.43 Å². The smallest absolute Gasteiger partial charge is 0.236 e. The molecule has 0 aromatic heterocycles. The third-order valence-corrected chi connectivity index (χ3v) is 0.422. The van der Waals surface area contributed by atoms with Crippen molar-refractivity contribution in [1.82, 2.24) is 0 Å². The second-order valence-corrected chi connectivity index (χ2v) is 1.03. The van der Waals surface area contributed by atoms with Crippen LogP contribution < -0.4 is 0 Å². The Morgan fingerprint density at radius 3 is 1.75 bits per heavy atom. The Labute approximate surface area is 58.9 Å². The van der Waals surface area contributed by atoms with Gasteiger partial charge in [0.1, 0.15) is 0 Å². The minimum atomic E-state index is -2.16. The molecule has 0 spiro atoms. The summed E-state index contributed by atoms with van der Waals surface area (Å²) in [6.45, 7) is 3.25. The molecule has 0 aliphatic rings. The zero-order valence-corrected chi connectivity index (χ0v) is 5.71. The summed E-state index contributed by atoms with van der Waals surface area (Å²) in [5.41, 5.74) is 0. The van der Waals surface area contributed by atoms with Crippen LogP contribution in [0.25, 0.3) is 0 Å². The molecule has 0 nitrogen and oxygen atoms in total. The number of alkyl halides is 2. The molecule has 0 aliphatic heterocycles. The normalized spacial score (nSPS) is 7.50. The Balaban J connectivity index is -0.000000125. The molecule has 51 valence electrons. The van der Waals surface area contributed by atoms with Gasteiger partial charge in [-0.15, -0.1) is 0 Å². The molecule has 0 heterocycles. The number of hydrogen-bond donors (Lipinski definition) is 0. The maximum Gasteiger partial charge on any atom is 0.236 e. The van der Waals surface area contributed by atoms with Gasteiger partial charge in [-0.2, -0.15) is 6.42 Å². The van der Waals surface area contributed by atoms with Gasteiger partial charge in [0.05, 0.1) is 0 Å². The van der Waals surface area contributed by atoms with Gasteiger partial charge in [0.25, 0.3) is 0 Å². The quantitative estimate of drug-likeness (QED) is 0.547. The van der Waals surface area contributed by atoms with E-state index in [0.717, 1.165) is 0 Å². The predicted octanol–water partition coefficient (Wildman–Crippen LogP) is 2.02. The van der Waals surface area contributed by atoms with Crippen LogP contribution in [0, 0.1) is 6.92 Å². The van der Waals surface area contributed by atoms with E-state index in [1.165, 1.54) is 0 Å². The van der Waals surface area contributed by atoms with Gasteiger partial charge in [-0.25, -0.2) is 8.78 Å². The van der Waals surface area contributed by atoms with Crippen molar-refractivity contribution >= 4 is 0 Å². The van der Waals surface area contributed by atoms with Crippen LogP contribution in [0.2, 0.25) is 0 Å². The van der Waals surface area contributed by atoms with Crippen molar-refractivity contribution in [3.63, 3.8) is 0 Å². The van der Waals surface area contributed by atoms with Crippen molar-refractivity contribution < 1.29 is 32.0 Å². The summed E-state index contributed by atoms with van der Waals surface area (Å²) < 4.78 is 22.0. The van der Waals surface area contributed by atoms with Crippen molar-refractivity contribution in [3.05, 3.63) is 6.92 Å².